The predicted octanol–water partition coefficient (Wildman–Crippen LogP) is 4.35. The van der Waals surface area contributed by atoms with Crippen molar-refractivity contribution < 1.29 is 0 Å². The van der Waals surface area contributed by atoms with Gasteiger partial charge in [0, 0.05) is 11.4 Å². The summed E-state index contributed by atoms with van der Waals surface area (Å²) in [5.41, 5.74) is 1.00. The van der Waals surface area contributed by atoms with Gasteiger partial charge >= 0.3 is 0 Å². The number of halogens is 1. The Hall–Kier alpha value is -0.580. The number of nitrogens with one attached hydrogen (secondary N) is 1. The zero-order chi connectivity index (χ0) is 10.8. The van der Waals surface area contributed by atoms with E-state index in [1.807, 2.05) is 17.5 Å². The molecule has 0 aliphatic rings. The molecule has 2 heterocycles. The molecule has 0 fully saturated rings. The van der Waals surface area contributed by atoms with Crippen molar-refractivity contribution in [3.63, 3.8) is 0 Å². The van der Waals surface area contributed by atoms with Gasteiger partial charge in [0.2, 0.25) is 0 Å². The van der Waals surface area contributed by atoms with Crippen LogP contribution in [0.15, 0.2) is 17.5 Å². The SMILES string of the molecule is CC(C)Nc1nc(-c2ccc(Cl)s2)cs1. The van der Waals surface area contributed by atoms with Crippen molar-refractivity contribution in [1.29, 1.82) is 0 Å². The van der Waals surface area contributed by atoms with E-state index in [0.717, 1.165) is 20.0 Å². The molecule has 0 saturated carbocycles. The molecule has 0 spiro atoms. The maximum Gasteiger partial charge on any atom is 0.183 e. The first-order chi connectivity index (χ1) is 7.15. The normalized spacial score (nSPS) is 10.9. The molecule has 2 aromatic heterocycles. The fourth-order valence-electron chi connectivity index (χ4n) is 1.15. The highest BCUT2D eigenvalue weighted by atomic mass is 35.5. The number of hydrogen-bond acceptors (Lipinski definition) is 4. The van der Waals surface area contributed by atoms with Crippen molar-refractivity contribution in [2.45, 2.75) is 19.9 Å². The highest BCUT2D eigenvalue weighted by Gasteiger charge is 2.07. The molecular formula is C10H11ClN2S2. The number of hydrogen-bond donors (Lipinski definition) is 1. The van der Waals surface area contributed by atoms with Crippen LogP contribution >= 0.6 is 34.3 Å². The molecule has 80 valence electrons. The van der Waals surface area contributed by atoms with Crippen LogP contribution in [-0.4, -0.2) is 11.0 Å². The summed E-state index contributed by atoms with van der Waals surface area (Å²) in [6.45, 7) is 4.20. The molecule has 15 heavy (non-hydrogen) atoms. The van der Waals surface area contributed by atoms with Crippen molar-refractivity contribution in [3.8, 4) is 10.6 Å². The molecule has 2 rings (SSSR count). The van der Waals surface area contributed by atoms with E-state index in [4.69, 9.17) is 11.6 Å². The van der Waals surface area contributed by atoms with E-state index in [1.165, 1.54) is 0 Å². The Kier molecular flexibility index (Phi) is 3.29. The molecule has 0 atom stereocenters. The molecule has 5 heteroatoms. The van der Waals surface area contributed by atoms with Crippen molar-refractivity contribution in [1.82, 2.24) is 4.98 Å². The molecule has 0 aliphatic heterocycles. The Balaban J connectivity index is 2.20. The summed E-state index contributed by atoms with van der Waals surface area (Å²) in [7, 11) is 0. The predicted molar refractivity (Wildman–Crippen MR) is 69.2 cm³/mol. The number of aromatic nitrogens is 1. The molecule has 0 radical (unpaired) electrons. The zero-order valence-electron chi connectivity index (χ0n) is 8.45. The minimum absolute atomic E-state index is 0.413. The van der Waals surface area contributed by atoms with Gasteiger partial charge in [-0.3, -0.25) is 0 Å². The fraction of sp³-hybridized carbons (Fsp3) is 0.300. The minimum atomic E-state index is 0.413. The minimum Gasteiger partial charge on any atom is -0.359 e. The number of nitrogens with zero attached hydrogens (tertiary/aromatic N) is 1. The van der Waals surface area contributed by atoms with E-state index < -0.39 is 0 Å². The summed E-state index contributed by atoms with van der Waals surface area (Å²) in [6, 6.07) is 4.31. The van der Waals surface area contributed by atoms with Crippen LogP contribution in [-0.2, 0) is 0 Å². The molecule has 0 aliphatic carbocycles. The van der Waals surface area contributed by atoms with Gasteiger partial charge in [0.15, 0.2) is 5.13 Å². The van der Waals surface area contributed by atoms with Gasteiger partial charge in [-0.25, -0.2) is 4.98 Å². The van der Waals surface area contributed by atoms with Gasteiger partial charge in [0.25, 0.3) is 0 Å². The summed E-state index contributed by atoms with van der Waals surface area (Å²) in [5.74, 6) is 0. The van der Waals surface area contributed by atoms with Crippen LogP contribution in [0, 0.1) is 0 Å². The highest BCUT2D eigenvalue weighted by Crippen LogP contribution is 2.32. The standard InChI is InChI=1S/C10H11ClN2S2/c1-6(2)12-10-13-7(5-14-10)8-3-4-9(11)15-8/h3-6H,1-2H3,(H,12,13). The average Bonchev–Trinajstić information content (AvgIpc) is 2.72. The second kappa shape index (κ2) is 4.51. The van der Waals surface area contributed by atoms with Gasteiger partial charge in [0.1, 0.15) is 0 Å². The lowest BCUT2D eigenvalue weighted by Crippen LogP contribution is -2.08. The number of thiophene rings is 1. The summed E-state index contributed by atoms with van der Waals surface area (Å²) < 4.78 is 0.802. The van der Waals surface area contributed by atoms with Gasteiger partial charge in [-0.15, -0.1) is 22.7 Å². The van der Waals surface area contributed by atoms with Crippen LogP contribution in [0.2, 0.25) is 4.34 Å². The first kappa shape index (κ1) is 10.9. The molecular weight excluding hydrogens is 248 g/mol. The van der Waals surface area contributed by atoms with Gasteiger partial charge < -0.3 is 5.32 Å². The average molecular weight is 259 g/mol. The fourth-order valence-corrected chi connectivity index (χ4v) is 3.09. The molecule has 0 aromatic carbocycles. The molecule has 2 nitrogen and oxygen atoms in total. The lowest BCUT2D eigenvalue weighted by Gasteiger charge is -2.04. The van der Waals surface area contributed by atoms with Crippen LogP contribution < -0.4 is 5.32 Å². The highest BCUT2D eigenvalue weighted by molar-refractivity contribution is 7.20. The van der Waals surface area contributed by atoms with Crippen LogP contribution in [0.4, 0.5) is 5.13 Å². The van der Waals surface area contributed by atoms with Crippen molar-refractivity contribution >= 4 is 39.4 Å². The largest absolute Gasteiger partial charge is 0.359 e. The van der Waals surface area contributed by atoms with E-state index in [2.05, 4.69) is 24.1 Å². The maximum absolute atomic E-state index is 5.88. The third kappa shape index (κ3) is 2.71. The number of thiazole rings is 1. The first-order valence-electron chi connectivity index (χ1n) is 4.63. The van der Waals surface area contributed by atoms with E-state index in [0.29, 0.717) is 6.04 Å². The third-order valence-electron chi connectivity index (χ3n) is 1.74. The molecule has 0 unspecified atom stereocenters. The number of rotatable bonds is 3. The molecule has 0 bridgehead atoms. The first-order valence-corrected chi connectivity index (χ1v) is 6.70. The quantitative estimate of drug-likeness (QED) is 0.886. The van der Waals surface area contributed by atoms with E-state index >= 15 is 0 Å². The van der Waals surface area contributed by atoms with E-state index in [-0.39, 0.29) is 0 Å². The van der Waals surface area contributed by atoms with Crippen molar-refractivity contribution in [2.75, 3.05) is 5.32 Å². The third-order valence-corrected chi connectivity index (χ3v) is 3.77. The Morgan fingerprint density at radius 3 is 2.80 bits per heavy atom. The monoisotopic (exact) mass is 258 g/mol. The van der Waals surface area contributed by atoms with Crippen LogP contribution in [0.1, 0.15) is 13.8 Å². The van der Waals surface area contributed by atoms with Crippen molar-refractivity contribution in [3.05, 3.63) is 21.8 Å². The lowest BCUT2D eigenvalue weighted by atomic mass is 10.4. The van der Waals surface area contributed by atoms with Gasteiger partial charge in [-0.2, -0.15) is 0 Å². The Bertz CT molecular complexity index is 448. The Morgan fingerprint density at radius 2 is 2.20 bits per heavy atom. The molecule has 1 N–H and O–H groups in total. The van der Waals surface area contributed by atoms with Crippen molar-refractivity contribution in [2.24, 2.45) is 0 Å². The van der Waals surface area contributed by atoms with Crippen LogP contribution in [0.5, 0.6) is 0 Å². The summed E-state index contributed by atoms with van der Waals surface area (Å²) in [5, 5.41) is 6.29. The zero-order valence-corrected chi connectivity index (χ0v) is 10.8. The van der Waals surface area contributed by atoms with Gasteiger partial charge in [-0.05, 0) is 26.0 Å². The summed E-state index contributed by atoms with van der Waals surface area (Å²) >= 11 is 9.06. The Morgan fingerprint density at radius 1 is 1.40 bits per heavy atom. The van der Waals surface area contributed by atoms with Crippen LogP contribution in [0.3, 0.4) is 0 Å². The topological polar surface area (TPSA) is 24.9 Å². The molecule has 2 aromatic rings. The molecule has 0 amide bonds. The van der Waals surface area contributed by atoms with Crippen LogP contribution in [0.25, 0.3) is 10.6 Å². The molecule has 0 saturated heterocycles. The second-order valence-corrected chi connectivity index (χ2v) is 6.01. The summed E-state index contributed by atoms with van der Waals surface area (Å²) in [6.07, 6.45) is 0. The maximum atomic E-state index is 5.88. The Labute approximate surface area is 102 Å². The second-order valence-electron chi connectivity index (χ2n) is 3.44. The van der Waals surface area contributed by atoms with E-state index in [9.17, 15) is 0 Å². The van der Waals surface area contributed by atoms with Gasteiger partial charge in [0.05, 0.1) is 14.9 Å². The van der Waals surface area contributed by atoms with Gasteiger partial charge in [-0.1, -0.05) is 11.6 Å². The van der Waals surface area contributed by atoms with E-state index in [1.54, 1.807) is 22.7 Å². The summed E-state index contributed by atoms with van der Waals surface area (Å²) in [4.78, 5) is 5.61. The number of anilines is 1. The lowest BCUT2D eigenvalue weighted by molar-refractivity contribution is 0.897. The smallest absolute Gasteiger partial charge is 0.183 e.